The molecule has 1 aliphatic rings. The maximum Gasteiger partial charge on any atom is 0.318 e. The first-order valence-electron chi connectivity index (χ1n) is 5.52. The molecule has 0 atom stereocenters. The summed E-state index contributed by atoms with van der Waals surface area (Å²) in [6.45, 7) is 6.86. The number of aromatic nitrogens is 2. The number of morpholine rings is 1. The van der Waals surface area contributed by atoms with E-state index in [0.29, 0.717) is 31.5 Å². The summed E-state index contributed by atoms with van der Waals surface area (Å²) < 4.78 is 11.1. The molecule has 1 aromatic heterocycles. The zero-order chi connectivity index (χ0) is 11.6. The molecule has 90 valence electrons. The van der Waals surface area contributed by atoms with Crippen LogP contribution in [0.1, 0.15) is 19.7 Å². The highest BCUT2D eigenvalue weighted by atomic mass is 16.5. The zero-order valence-corrected chi connectivity index (χ0v) is 9.77. The van der Waals surface area contributed by atoms with E-state index in [4.69, 9.17) is 14.9 Å². The predicted octanol–water partition coefficient (Wildman–Crippen LogP) is 0.186. The highest BCUT2D eigenvalue weighted by molar-refractivity contribution is 5.26. The van der Waals surface area contributed by atoms with Gasteiger partial charge in [-0.2, -0.15) is 0 Å². The lowest BCUT2D eigenvalue weighted by atomic mass is 10.1. The molecule has 1 saturated heterocycles. The Kier molecular flexibility index (Phi) is 3.11. The van der Waals surface area contributed by atoms with Gasteiger partial charge in [-0.25, -0.2) is 0 Å². The Balaban J connectivity index is 2.05. The number of hydrogen-bond acceptors (Lipinski definition) is 6. The van der Waals surface area contributed by atoms with Crippen LogP contribution >= 0.6 is 0 Å². The van der Waals surface area contributed by atoms with Crippen LogP contribution in [0.15, 0.2) is 4.42 Å². The molecule has 2 N–H and O–H groups in total. The van der Waals surface area contributed by atoms with Crippen molar-refractivity contribution in [2.75, 3.05) is 31.1 Å². The lowest BCUT2D eigenvalue weighted by Crippen LogP contribution is -2.48. The van der Waals surface area contributed by atoms with Crippen LogP contribution in [0.5, 0.6) is 0 Å². The molecule has 6 nitrogen and oxygen atoms in total. The molecule has 0 amide bonds. The number of rotatable bonds is 3. The number of ether oxygens (including phenoxy) is 1. The molecule has 2 rings (SSSR count). The molecule has 0 aromatic carbocycles. The fourth-order valence-electron chi connectivity index (χ4n) is 1.78. The Morgan fingerprint density at radius 1 is 1.44 bits per heavy atom. The van der Waals surface area contributed by atoms with Gasteiger partial charge in [-0.1, -0.05) is 5.10 Å². The first-order chi connectivity index (χ1) is 7.61. The summed E-state index contributed by atoms with van der Waals surface area (Å²) >= 11 is 0. The maximum absolute atomic E-state index is 5.62. The average Bonchev–Trinajstić information content (AvgIpc) is 2.65. The monoisotopic (exact) mass is 226 g/mol. The predicted molar refractivity (Wildman–Crippen MR) is 59.3 cm³/mol. The summed E-state index contributed by atoms with van der Waals surface area (Å²) in [5, 5.41) is 7.97. The van der Waals surface area contributed by atoms with Gasteiger partial charge in [-0.3, -0.25) is 0 Å². The van der Waals surface area contributed by atoms with E-state index in [1.807, 2.05) is 0 Å². The fourth-order valence-corrected chi connectivity index (χ4v) is 1.78. The van der Waals surface area contributed by atoms with E-state index in [1.165, 1.54) is 0 Å². The first-order valence-corrected chi connectivity index (χ1v) is 5.52. The van der Waals surface area contributed by atoms with Gasteiger partial charge in [0.05, 0.1) is 18.8 Å². The fraction of sp³-hybridized carbons (Fsp3) is 0.800. The van der Waals surface area contributed by atoms with E-state index < -0.39 is 0 Å². The Labute approximate surface area is 94.8 Å². The van der Waals surface area contributed by atoms with Crippen molar-refractivity contribution in [2.45, 2.75) is 25.9 Å². The quantitative estimate of drug-likeness (QED) is 0.792. The minimum atomic E-state index is -0.166. The minimum absolute atomic E-state index is 0.166. The van der Waals surface area contributed by atoms with Crippen LogP contribution in [0.3, 0.4) is 0 Å². The van der Waals surface area contributed by atoms with Crippen LogP contribution in [0.4, 0.5) is 6.01 Å². The Hall–Kier alpha value is -1.14. The van der Waals surface area contributed by atoms with E-state index in [2.05, 4.69) is 28.9 Å². The highest BCUT2D eigenvalue weighted by Gasteiger charge is 2.29. The third-order valence-corrected chi connectivity index (χ3v) is 2.51. The third kappa shape index (κ3) is 2.51. The van der Waals surface area contributed by atoms with Crippen molar-refractivity contribution in [3.63, 3.8) is 0 Å². The van der Waals surface area contributed by atoms with Crippen molar-refractivity contribution in [2.24, 2.45) is 5.73 Å². The standard InChI is InChI=1S/C10H18N4O2/c1-10(2)7-14(5-6-15-10)9-13-12-8(16-9)3-4-11/h3-7,11H2,1-2H3. The molecular formula is C10H18N4O2. The smallest absolute Gasteiger partial charge is 0.318 e. The number of nitrogens with two attached hydrogens (primary N) is 1. The molecule has 1 fully saturated rings. The summed E-state index contributed by atoms with van der Waals surface area (Å²) in [4.78, 5) is 2.05. The first kappa shape index (κ1) is 11.3. The molecule has 0 aliphatic carbocycles. The average molecular weight is 226 g/mol. The Morgan fingerprint density at radius 3 is 2.94 bits per heavy atom. The van der Waals surface area contributed by atoms with Crippen LogP contribution < -0.4 is 10.6 Å². The molecule has 0 bridgehead atoms. The molecule has 6 heteroatoms. The van der Waals surface area contributed by atoms with Crippen molar-refractivity contribution in [1.82, 2.24) is 10.2 Å². The lowest BCUT2D eigenvalue weighted by Gasteiger charge is -2.36. The number of nitrogens with zero attached hydrogens (tertiary/aromatic N) is 3. The van der Waals surface area contributed by atoms with E-state index in [1.54, 1.807) is 0 Å². The van der Waals surface area contributed by atoms with Gasteiger partial charge in [-0.05, 0) is 13.8 Å². The molecule has 2 heterocycles. The summed E-state index contributed by atoms with van der Waals surface area (Å²) in [6, 6.07) is 0.569. The molecule has 0 radical (unpaired) electrons. The Bertz CT molecular complexity index is 350. The summed E-state index contributed by atoms with van der Waals surface area (Å²) in [7, 11) is 0. The van der Waals surface area contributed by atoms with Gasteiger partial charge in [0.1, 0.15) is 0 Å². The summed E-state index contributed by atoms with van der Waals surface area (Å²) in [5.74, 6) is 0.599. The molecule has 0 unspecified atom stereocenters. The lowest BCUT2D eigenvalue weighted by molar-refractivity contribution is -0.0290. The third-order valence-electron chi connectivity index (χ3n) is 2.51. The van der Waals surface area contributed by atoms with Crippen LogP contribution in [0.25, 0.3) is 0 Å². The number of anilines is 1. The van der Waals surface area contributed by atoms with Crippen molar-refractivity contribution >= 4 is 6.01 Å². The molecule has 0 saturated carbocycles. The molecule has 16 heavy (non-hydrogen) atoms. The highest BCUT2D eigenvalue weighted by Crippen LogP contribution is 2.21. The number of hydrogen-bond donors (Lipinski definition) is 1. The molecule has 1 aliphatic heterocycles. The van der Waals surface area contributed by atoms with Crippen molar-refractivity contribution in [3.8, 4) is 0 Å². The maximum atomic E-state index is 5.62. The van der Waals surface area contributed by atoms with E-state index in [9.17, 15) is 0 Å². The largest absolute Gasteiger partial charge is 0.408 e. The van der Waals surface area contributed by atoms with Gasteiger partial charge in [0.2, 0.25) is 5.89 Å². The van der Waals surface area contributed by atoms with Gasteiger partial charge in [0.15, 0.2) is 0 Å². The molecular weight excluding hydrogens is 208 g/mol. The van der Waals surface area contributed by atoms with Crippen LogP contribution in [-0.4, -0.2) is 42.0 Å². The van der Waals surface area contributed by atoms with Crippen LogP contribution in [0.2, 0.25) is 0 Å². The second kappa shape index (κ2) is 4.39. The van der Waals surface area contributed by atoms with E-state index in [0.717, 1.165) is 13.1 Å². The normalized spacial score (nSPS) is 20.1. The van der Waals surface area contributed by atoms with E-state index in [-0.39, 0.29) is 5.60 Å². The van der Waals surface area contributed by atoms with Crippen molar-refractivity contribution < 1.29 is 9.15 Å². The second-order valence-electron chi connectivity index (χ2n) is 4.55. The molecule has 1 aromatic rings. The molecule has 0 spiro atoms. The second-order valence-corrected chi connectivity index (χ2v) is 4.55. The van der Waals surface area contributed by atoms with Crippen molar-refractivity contribution in [1.29, 1.82) is 0 Å². The van der Waals surface area contributed by atoms with Gasteiger partial charge < -0.3 is 19.8 Å². The SMILES string of the molecule is CC1(C)CN(c2nnc(CCN)o2)CCO1. The van der Waals surface area contributed by atoms with Crippen LogP contribution in [-0.2, 0) is 11.2 Å². The van der Waals surface area contributed by atoms with E-state index >= 15 is 0 Å². The summed E-state index contributed by atoms with van der Waals surface area (Å²) in [6.07, 6.45) is 0.626. The van der Waals surface area contributed by atoms with Gasteiger partial charge >= 0.3 is 6.01 Å². The van der Waals surface area contributed by atoms with Crippen molar-refractivity contribution in [3.05, 3.63) is 5.89 Å². The van der Waals surface area contributed by atoms with Gasteiger partial charge in [0.25, 0.3) is 0 Å². The topological polar surface area (TPSA) is 77.4 Å². The zero-order valence-electron chi connectivity index (χ0n) is 9.77. The summed E-state index contributed by atoms with van der Waals surface area (Å²) in [5.41, 5.74) is 5.26. The Morgan fingerprint density at radius 2 is 2.25 bits per heavy atom. The van der Waals surface area contributed by atoms with Gasteiger partial charge in [-0.15, -0.1) is 5.10 Å². The van der Waals surface area contributed by atoms with Crippen LogP contribution in [0, 0.1) is 0 Å². The minimum Gasteiger partial charge on any atom is -0.408 e. The van der Waals surface area contributed by atoms with Gasteiger partial charge in [0, 0.05) is 19.5 Å².